The van der Waals surface area contributed by atoms with Crippen LogP contribution < -0.4 is 5.32 Å². The number of rotatable bonds is 2. The Morgan fingerprint density at radius 2 is 2.15 bits per heavy atom. The van der Waals surface area contributed by atoms with Crippen molar-refractivity contribution in [1.82, 2.24) is 14.9 Å². The molecule has 1 spiro atoms. The van der Waals surface area contributed by atoms with Gasteiger partial charge >= 0.3 is 0 Å². The lowest BCUT2D eigenvalue weighted by Crippen LogP contribution is -2.48. The highest BCUT2D eigenvalue weighted by molar-refractivity contribution is 7.13. The van der Waals surface area contributed by atoms with Gasteiger partial charge in [0.1, 0.15) is 11.3 Å². The van der Waals surface area contributed by atoms with Gasteiger partial charge in [-0.05, 0) is 30.9 Å². The van der Waals surface area contributed by atoms with Crippen LogP contribution in [0.25, 0.3) is 10.9 Å². The van der Waals surface area contributed by atoms with E-state index in [-0.39, 0.29) is 11.5 Å². The number of thiazole rings is 1. The van der Waals surface area contributed by atoms with Gasteiger partial charge in [0.25, 0.3) is 5.91 Å². The monoisotopic (exact) mass is 382 g/mol. The molecule has 2 aliphatic heterocycles. The second-order valence-corrected chi connectivity index (χ2v) is 8.06. The number of para-hydroxylation sites is 1. The van der Waals surface area contributed by atoms with E-state index in [1.807, 2.05) is 17.3 Å². The number of nitrogens with zero attached hydrogens (tertiary/aromatic N) is 2. The highest BCUT2D eigenvalue weighted by atomic mass is 32.1. The molecule has 3 aromatic rings. The summed E-state index contributed by atoms with van der Waals surface area (Å²) in [6.07, 6.45) is 2.55. The van der Waals surface area contributed by atoms with Crippen molar-refractivity contribution in [1.29, 1.82) is 0 Å². The lowest BCUT2D eigenvalue weighted by atomic mass is 9.83. The maximum atomic E-state index is 12.8. The second kappa shape index (κ2) is 6.35. The van der Waals surface area contributed by atoms with Crippen LogP contribution in [0.1, 0.15) is 34.6 Å². The molecule has 0 atom stereocenters. The largest absolute Gasteiger partial charge is 0.368 e. The molecule has 2 aromatic heterocycles. The fourth-order valence-electron chi connectivity index (χ4n) is 4.38. The molecule has 4 heterocycles. The van der Waals surface area contributed by atoms with E-state index in [1.165, 1.54) is 33.5 Å². The van der Waals surface area contributed by atoms with E-state index < -0.39 is 0 Å². The number of carbonyl (C=O) groups excluding carboxylic acids is 1. The zero-order chi connectivity index (χ0) is 18.4. The minimum absolute atomic E-state index is 0.00952. The molecule has 1 fully saturated rings. The SMILES string of the molecule is CNc1nc(C(=O)N2CCC3(CC2)OCCc2c3[nH]c3ccccc23)cs1. The number of benzene rings is 1. The molecule has 5 rings (SSSR count). The first kappa shape index (κ1) is 16.8. The minimum atomic E-state index is -0.304. The Kier molecular flexibility index (Phi) is 3.94. The van der Waals surface area contributed by atoms with Gasteiger partial charge in [0.15, 0.2) is 5.13 Å². The molecule has 1 saturated heterocycles. The Morgan fingerprint density at radius 3 is 2.93 bits per heavy atom. The zero-order valence-electron chi connectivity index (χ0n) is 15.2. The van der Waals surface area contributed by atoms with Crippen LogP contribution in [-0.2, 0) is 16.8 Å². The summed E-state index contributed by atoms with van der Waals surface area (Å²) >= 11 is 1.46. The third kappa shape index (κ3) is 2.64. The molecule has 6 nitrogen and oxygen atoms in total. The number of ether oxygens (including phenoxy) is 1. The average molecular weight is 382 g/mol. The van der Waals surface area contributed by atoms with E-state index in [2.05, 4.69) is 39.6 Å². The number of likely N-dealkylation sites (tertiary alicyclic amines) is 1. The number of carbonyl (C=O) groups is 1. The molecule has 0 aliphatic carbocycles. The van der Waals surface area contributed by atoms with Crippen molar-refractivity contribution in [3.63, 3.8) is 0 Å². The van der Waals surface area contributed by atoms with Crippen LogP contribution in [0.4, 0.5) is 5.13 Å². The van der Waals surface area contributed by atoms with Gasteiger partial charge < -0.3 is 19.9 Å². The molecule has 2 N–H and O–H groups in total. The molecule has 140 valence electrons. The smallest absolute Gasteiger partial charge is 0.273 e. The number of aromatic amines is 1. The van der Waals surface area contributed by atoms with Gasteiger partial charge in [0.2, 0.25) is 0 Å². The fourth-order valence-corrected chi connectivity index (χ4v) is 5.03. The number of nitrogens with one attached hydrogen (secondary N) is 2. The number of aromatic nitrogens is 2. The van der Waals surface area contributed by atoms with E-state index in [0.29, 0.717) is 18.8 Å². The highest BCUT2D eigenvalue weighted by Crippen LogP contribution is 2.43. The first-order chi connectivity index (χ1) is 13.2. The lowest BCUT2D eigenvalue weighted by molar-refractivity contribution is -0.0957. The van der Waals surface area contributed by atoms with Crippen molar-refractivity contribution in [2.75, 3.05) is 32.1 Å². The van der Waals surface area contributed by atoms with Crippen molar-refractivity contribution in [2.45, 2.75) is 24.9 Å². The summed E-state index contributed by atoms with van der Waals surface area (Å²) in [5, 5.41) is 6.88. The molecule has 0 bridgehead atoms. The van der Waals surface area contributed by atoms with Gasteiger partial charge in [-0.2, -0.15) is 0 Å². The molecular weight excluding hydrogens is 360 g/mol. The third-order valence-corrected chi connectivity index (χ3v) is 6.65. The minimum Gasteiger partial charge on any atom is -0.368 e. The molecule has 2 aliphatic rings. The Bertz CT molecular complexity index is 1000. The van der Waals surface area contributed by atoms with Crippen molar-refractivity contribution in [3.05, 3.63) is 46.6 Å². The predicted octanol–water partition coefficient (Wildman–Crippen LogP) is 3.37. The van der Waals surface area contributed by atoms with Gasteiger partial charge in [-0.3, -0.25) is 4.79 Å². The van der Waals surface area contributed by atoms with E-state index in [0.717, 1.165) is 31.0 Å². The topological polar surface area (TPSA) is 70.2 Å². The Hall–Kier alpha value is -2.38. The third-order valence-electron chi connectivity index (χ3n) is 5.80. The van der Waals surface area contributed by atoms with Crippen molar-refractivity contribution >= 4 is 33.3 Å². The van der Waals surface area contributed by atoms with Crippen molar-refractivity contribution < 1.29 is 9.53 Å². The Morgan fingerprint density at radius 1 is 1.33 bits per heavy atom. The summed E-state index contributed by atoms with van der Waals surface area (Å²) in [7, 11) is 1.82. The number of amides is 1. The van der Waals surface area contributed by atoms with E-state index in [4.69, 9.17) is 4.74 Å². The number of hydrogen-bond acceptors (Lipinski definition) is 5. The average Bonchev–Trinajstić information content (AvgIpc) is 3.34. The van der Waals surface area contributed by atoms with Gasteiger partial charge in [-0.15, -0.1) is 11.3 Å². The molecular formula is C20H22N4O2S. The summed E-state index contributed by atoms with van der Waals surface area (Å²) in [6, 6.07) is 8.46. The molecule has 7 heteroatoms. The Labute approximate surface area is 161 Å². The van der Waals surface area contributed by atoms with Crippen LogP contribution in [0.3, 0.4) is 0 Å². The Balaban J connectivity index is 1.39. The first-order valence-electron chi connectivity index (χ1n) is 9.37. The maximum absolute atomic E-state index is 12.8. The number of anilines is 1. The summed E-state index contributed by atoms with van der Waals surface area (Å²) in [6.45, 7) is 2.10. The van der Waals surface area contributed by atoms with Crippen LogP contribution in [0.2, 0.25) is 0 Å². The van der Waals surface area contributed by atoms with Crippen LogP contribution >= 0.6 is 11.3 Å². The second-order valence-electron chi connectivity index (χ2n) is 7.20. The highest BCUT2D eigenvalue weighted by Gasteiger charge is 2.43. The van der Waals surface area contributed by atoms with Gasteiger partial charge in [-0.25, -0.2) is 4.98 Å². The van der Waals surface area contributed by atoms with Crippen molar-refractivity contribution in [3.8, 4) is 0 Å². The molecule has 0 unspecified atom stereocenters. The normalized spacial score (nSPS) is 18.6. The number of piperidine rings is 1. The molecule has 27 heavy (non-hydrogen) atoms. The van der Waals surface area contributed by atoms with Crippen LogP contribution in [0.5, 0.6) is 0 Å². The van der Waals surface area contributed by atoms with E-state index in [1.54, 1.807) is 0 Å². The zero-order valence-corrected chi connectivity index (χ0v) is 16.1. The van der Waals surface area contributed by atoms with Crippen molar-refractivity contribution in [2.24, 2.45) is 0 Å². The first-order valence-corrected chi connectivity index (χ1v) is 10.2. The van der Waals surface area contributed by atoms with Gasteiger partial charge in [-0.1, -0.05) is 18.2 Å². The summed E-state index contributed by atoms with van der Waals surface area (Å²) in [5.74, 6) is 0.00952. The number of fused-ring (bicyclic) bond motifs is 4. The predicted molar refractivity (Wildman–Crippen MR) is 106 cm³/mol. The van der Waals surface area contributed by atoms with Gasteiger partial charge in [0, 0.05) is 36.4 Å². The number of hydrogen-bond donors (Lipinski definition) is 2. The fraction of sp³-hybridized carbons (Fsp3) is 0.400. The van der Waals surface area contributed by atoms with E-state index in [9.17, 15) is 4.79 Å². The summed E-state index contributed by atoms with van der Waals surface area (Å²) < 4.78 is 6.32. The lowest BCUT2D eigenvalue weighted by Gasteiger charge is -2.43. The van der Waals surface area contributed by atoms with Crippen LogP contribution in [0.15, 0.2) is 29.6 Å². The quantitative estimate of drug-likeness (QED) is 0.713. The molecule has 1 amide bonds. The summed E-state index contributed by atoms with van der Waals surface area (Å²) in [4.78, 5) is 22.7. The van der Waals surface area contributed by atoms with Gasteiger partial charge in [0.05, 0.1) is 12.3 Å². The maximum Gasteiger partial charge on any atom is 0.273 e. The molecule has 0 saturated carbocycles. The standard InChI is InChI=1S/C20H22N4O2S/c1-21-19-23-16(12-27-19)18(25)24-9-7-20(8-10-24)17-14(6-11-26-20)13-4-2-3-5-15(13)22-17/h2-5,12,22H,6-11H2,1H3,(H,21,23). The molecule has 1 aromatic carbocycles. The van der Waals surface area contributed by atoms with Crippen LogP contribution in [0, 0.1) is 0 Å². The van der Waals surface area contributed by atoms with E-state index >= 15 is 0 Å². The molecule has 0 radical (unpaired) electrons. The number of H-pyrrole nitrogens is 1. The summed E-state index contributed by atoms with van der Waals surface area (Å²) in [5.41, 5.74) is 3.99. The van der Waals surface area contributed by atoms with Crippen LogP contribution in [-0.4, -0.2) is 47.5 Å².